The van der Waals surface area contributed by atoms with E-state index in [-0.39, 0.29) is 10.8 Å². The number of piperidine rings is 1. The summed E-state index contributed by atoms with van der Waals surface area (Å²) in [6.45, 7) is 3.29. The summed E-state index contributed by atoms with van der Waals surface area (Å²) in [5, 5.41) is 2.94. The molecule has 0 spiro atoms. The second-order valence-corrected chi connectivity index (χ2v) is 10.6. The average Bonchev–Trinajstić information content (AvgIpc) is 3.14. The van der Waals surface area contributed by atoms with Gasteiger partial charge in [0.25, 0.3) is 0 Å². The molecule has 1 fully saturated rings. The molecule has 3 aromatic rings. The maximum atomic E-state index is 13.0. The van der Waals surface area contributed by atoms with Gasteiger partial charge in [-0.3, -0.25) is 4.79 Å². The Labute approximate surface area is 195 Å². The van der Waals surface area contributed by atoms with Crippen LogP contribution in [0.3, 0.4) is 0 Å². The van der Waals surface area contributed by atoms with Crippen LogP contribution in [0.15, 0.2) is 47.4 Å². The van der Waals surface area contributed by atoms with Gasteiger partial charge in [0.05, 0.1) is 15.9 Å². The molecule has 0 saturated carbocycles. The molecule has 0 radical (unpaired) electrons. The zero-order valence-corrected chi connectivity index (χ0v) is 20.2. The summed E-state index contributed by atoms with van der Waals surface area (Å²) in [6, 6.07) is 13.1. The number of carbonyl (C=O) groups is 1. The highest BCUT2D eigenvalue weighted by molar-refractivity contribution is 7.89. The van der Waals surface area contributed by atoms with Gasteiger partial charge in [0.15, 0.2) is 0 Å². The first kappa shape index (κ1) is 23.4. The van der Waals surface area contributed by atoms with Gasteiger partial charge in [-0.1, -0.05) is 31.9 Å². The van der Waals surface area contributed by atoms with Crippen LogP contribution in [0.4, 0.5) is 5.69 Å². The van der Waals surface area contributed by atoms with E-state index >= 15 is 0 Å². The standard InChI is InChI=1S/C25H32N4O3S/c1-3-7-19-8-10-20(11-9-19)26-25(30)15-14-24-27-22-18-21(12-13-23(22)28(24)2)33(31,32)29-16-5-4-6-17-29/h8-13,18H,3-7,14-17H2,1-2H3,(H,26,30). The lowest BCUT2D eigenvalue weighted by molar-refractivity contribution is -0.116. The molecule has 4 rings (SSSR count). The number of hydrogen-bond acceptors (Lipinski definition) is 4. The molecule has 33 heavy (non-hydrogen) atoms. The van der Waals surface area contributed by atoms with Gasteiger partial charge < -0.3 is 9.88 Å². The first-order chi connectivity index (χ1) is 15.9. The lowest BCUT2D eigenvalue weighted by Crippen LogP contribution is -2.35. The Kier molecular flexibility index (Phi) is 7.14. The molecule has 1 aromatic heterocycles. The van der Waals surface area contributed by atoms with Gasteiger partial charge in [-0.05, 0) is 55.2 Å². The van der Waals surface area contributed by atoms with Crippen LogP contribution < -0.4 is 5.32 Å². The van der Waals surface area contributed by atoms with Crippen LogP contribution in [-0.4, -0.2) is 41.3 Å². The Bertz CT molecular complexity index is 1230. The number of benzene rings is 2. The highest BCUT2D eigenvalue weighted by Crippen LogP contribution is 2.25. The monoisotopic (exact) mass is 468 g/mol. The van der Waals surface area contributed by atoms with Gasteiger partial charge in [0.2, 0.25) is 15.9 Å². The summed E-state index contributed by atoms with van der Waals surface area (Å²) in [4.78, 5) is 17.4. The largest absolute Gasteiger partial charge is 0.331 e. The SMILES string of the molecule is CCCc1ccc(NC(=O)CCc2nc3cc(S(=O)(=O)N4CCCCC4)ccc3n2C)cc1. The normalized spacial score (nSPS) is 15.1. The molecule has 176 valence electrons. The van der Waals surface area contributed by atoms with Crippen molar-refractivity contribution in [1.82, 2.24) is 13.9 Å². The Morgan fingerprint density at radius 1 is 1.03 bits per heavy atom. The minimum Gasteiger partial charge on any atom is -0.331 e. The third kappa shape index (κ3) is 5.28. The van der Waals surface area contributed by atoms with Crippen molar-refractivity contribution in [2.24, 2.45) is 7.05 Å². The number of sulfonamides is 1. The number of hydrogen-bond donors (Lipinski definition) is 1. The van der Waals surface area contributed by atoms with E-state index in [4.69, 9.17) is 0 Å². The lowest BCUT2D eigenvalue weighted by Gasteiger charge is -2.25. The van der Waals surface area contributed by atoms with Crippen molar-refractivity contribution >= 4 is 32.7 Å². The molecular weight excluding hydrogens is 436 g/mol. The third-order valence-corrected chi connectivity index (χ3v) is 8.14. The zero-order valence-electron chi connectivity index (χ0n) is 19.4. The molecule has 1 saturated heterocycles. The number of amides is 1. The quantitative estimate of drug-likeness (QED) is 0.535. The number of fused-ring (bicyclic) bond motifs is 1. The molecule has 7 nitrogen and oxygen atoms in total. The first-order valence-electron chi connectivity index (χ1n) is 11.7. The molecule has 8 heteroatoms. The summed E-state index contributed by atoms with van der Waals surface area (Å²) in [5.74, 6) is 0.685. The van der Waals surface area contributed by atoms with Crippen molar-refractivity contribution in [3.63, 3.8) is 0 Å². The van der Waals surface area contributed by atoms with Crippen molar-refractivity contribution in [1.29, 1.82) is 0 Å². The number of anilines is 1. The van der Waals surface area contributed by atoms with Crippen LogP contribution in [0.1, 0.15) is 50.4 Å². The average molecular weight is 469 g/mol. The van der Waals surface area contributed by atoms with Gasteiger partial charge in [0.1, 0.15) is 5.82 Å². The molecule has 2 heterocycles. The number of imidazole rings is 1. The fourth-order valence-electron chi connectivity index (χ4n) is 4.36. The zero-order chi connectivity index (χ0) is 23.4. The molecular formula is C25H32N4O3S. The van der Waals surface area contributed by atoms with Crippen LogP contribution in [0.5, 0.6) is 0 Å². The van der Waals surface area contributed by atoms with Crippen molar-refractivity contribution in [3.8, 4) is 0 Å². The van der Waals surface area contributed by atoms with E-state index < -0.39 is 10.0 Å². The van der Waals surface area contributed by atoms with E-state index in [1.165, 1.54) is 5.56 Å². The van der Waals surface area contributed by atoms with Crippen LogP contribution in [-0.2, 0) is 34.7 Å². The first-order valence-corrected chi connectivity index (χ1v) is 13.2. The summed E-state index contributed by atoms with van der Waals surface area (Å²) in [7, 11) is -1.61. The van der Waals surface area contributed by atoms with Crippen molar-refractivity contribution < 1.29 is 13.2 Å². The summed E-state index contributed by atoms with van der Waals surface area (Å²) in [5.41, 5.74) is 3.54. The third-order valence-electron chi connectivity index (χ3n) is 6.25. The Morgan fingerprint density at radius 2 is 1.76 bits per heavy atom. The fraction of sp³-hybridized carbons (Fsp3) is 0.440. The maximum absolute atomic E-state index is 13.0. The highest BCUT2D eigenvalue weighted by Gasteiger charge is 2.26. The van der Waals surface area contributed by atoms with Crippen molar-refractivity contribution in [3.05, 3.63) is 53.9 Å². The molecule has 2 aromatic carbocycles. The molecule has 1 aliphatic rings. The van der Waals surface area contributed by atoms with Crippen LogP contribution in [0, 0.1) is 0 Å². The van der Waals surface area contributed by atoms with Crippen molar-refractivity contribution in [2.75, 3.05) is 18.4 Å². The Balaban J connectivity index is 1.44. The summed E-state index contributed by atoms with van der Waals surface area (Å²) < 4.78 is 29.5. The summed E-state index contributed by atoms with van der Waals surface area (Å²) >= 11 is 0. The molecule has 1 N–H and O–H groups in total. The fourth-order valence-corrected chi connectivity index (χ4v) is 5.90. The molecule has 1 amide bonds. The van der Waals surface area contributed by atoms with E-state index in [0.29, 0.717) is 31.4 Å². The number of carbonyl (C=O) groups excluding carboxylic acids is 1. The Morgan fingerprint density at radius 3 is 2.45 bits per heavy atom. The van der Waals surface area contributed by atoms with E-state index in [9.17, 15) is 13.2 Å². The van der Waals surface area contributed by atoms with Gasteiger partial charge in [-0.25, -0.2) is 13.4 Å². The molecule has 1 aliphatic heterocycles. The van der Waals surface area contributed by atoms with E-state index in [1.54, 1.807) is 22.5 Å². The number of nitrogens with zero attached hydrogens (tertiary/aromatic N) is 3. The number of aryl methyl sites for hydroxylation is 3. The second kappa shape index (κ2) is 10.1. The van der Waals surface area contributed by atoms with E-state index in [2.05, 4.69) is 17.2 Å². The predicted octanol–water partition coefficient (Wildman–Crippen LogP) is 4.27. The van der Waals surface area contributed by atoms with Gasteiger partial charge in [-0.15, -0.1) is 0 Å². The smallest absolute Gasteiger partial charge is 0.243 e. The van der Waals surface area contributed by atoms with Crippen LogP contribution >= 0.6 is 0 Å². The highest BCUT2D eigenvalue weighted by atomic mass is 32.2. The molecule has 0 aliphatic carbocycles. The van der Waals surface area contributed by atoms with Gasteiger partial charge in [-0.2, -0.15) is 4.31 Å². The van der Waals surface area contributed by atoms with Gasteiger partial charge in [0, 0.05) is 38.7 Å². The predicted molar refractivity (Wildman–Crippen MR) is 131 cm³/mol. The van der Waals surface area contributed by atoms with E-state index in [0.717, 1.165) is 49.1 Å². The minimum absolute atomic E-state index is 0.0707. The van der Waals surface area contributed by atoms with Crippen LogP contribution in [0.25, 0.3) is 11.0 Å². The minimum atomic E-state index is -3.50. The molecule has 0 bridgehead atoms. The lowest BCUT2D eigenvalue weighted by atomic mass is 10.1. The number of nitrogens with one attached hydrogen (secondary N) is 1. The van der Waals surface area contributed by atoms with Gasteiger partial charge >= 0.3 is 0 Å². The second-order valence-electron chi connectivity index (χ2n) is 8.70. The molecule has 0 atom stereocenters. The van der Waals surface area contributed by atoms with Crippen molar-refractivity contribution in [2.45, 2.75) is 56.8 Å². The van der Waals surface area contributed by atoms with E-state index in [1.807, 2.05) is 35.9 Å². The number of aromatic nitrogens is 2. The molecule has 0 unspecified atom stereocenters. The Hall–Kier alpha value is -2.71. The summed E-state index contributed by atoms with van der Waals surface area (Å²) in [6.07, 6.45) is 5.77. The number of rotatable bonds is 8. The topological polar surface area (TPSA) is 84.3 Å². The van der Waals surface area contributed by atoms with Crippen LogP contribution in [0.2, 0.25) is 0 Å². The maximum Gasteiger partial charge on any atom is 0.243 e.